The molecule has 1 amide bonds. The zero-order chi connectivity index (χ0) is 19.4. The molecule has 1 aromatic heterocycles. The lowest BCUT2D eigenvalue weighted by atomic mass is 9.80. The van der Waals surface area contributed by atoms with Gasteiger partial charge < -0.3 is 29.7 Å². The summed E-state index contributed by atoms with van der Waals surface area (Å²) < 4.78 is 11.8. The Bertz CT molecular complexity index is 706. The van der Waals surface area contributed by atoms with Gasteiger partial charge in [-0.3, -0.25) is 9.36 Å². The van der Waals surface area contributed by atoms with Crippen LogP contribution in [0.1, 0.15) is 25.5 Å². The number of nitrogens with zero attached hydrogens (tertiary/aromatic N) is 3. The second-order valence-corrected chi connectivity index (χ2v) is 6.90. The number of rotatable bonds is 6. The summed E-state index contributed by atoms with van der Waals surface area (Å²) in [5.41, 5.74) is -0.565. The van der Waals surface area contributed by atoms with Crippen LogP contribution in [-0.2, 0) is 14.3 Å². The Morgan fingerprint density at radius 3 is 2.78 bits per heavy atom. The van der Waals surface area contributed by atoms with E-state index in [4.69, 9.17) is 14.6 Å². The summed E-state index contributed by atoms with van der Waals surface area (Å²) in [5.74, 6) is 0.260. The summed E-state index contributed by atoms with van der Waals surface area (Å²) in [7, 11) is -0.461. The van der Waals surface area contributed by atoms with Gasteiger partial charge in [0.05, 0.1) is 13.2 Å². The fourth-order valence-corrected chi connectivity index (χ4v) is 3.37. The second kappa shape index (κ2) is 8.94. The van der Waals surface area contributed by atoms with Gasteiger partial charge in [-0.2, -0.15) is 4.98 Å². The highest BCUT2D eigenvalue weighted by Gasteiger charge is 2.28. The fourth-order valence-electron chi connectivity index (χ4n) is 3.37. The van der Waals surface area contributed by atoms with E-state index < -0.39 is 25.3 Å². The first-order valence-corrected chi connectivity index (χ1v) is 9.15. The largest absolute Gasteiger partial charge is 0.437 e. The van der Waals surface area contributed by atoms with E-state index >= 15 is 0 Å². The lowest BCUT2D eigenvalue weighted by molar-refractivity contribution is -0.117. The van der Waals surface area contributed by atoms with Gasteiger partial charge in [-0.15, -0.1) is 0 Å². The second-order valence-electron chi connectivity index (χ2n) is 6.90. The Morgan fingerprint density at radius 1 is 1.44 bits per heavy atom. The van der Waals surface area contributed by atoms with Gasteiger partial charge in [0.25, 0.3) is 0 Å². The third-order valence-corrected chi connectivity index (χ3v) is 4.94. The van der Waals surface area contributed by atoms with Gasteiger partial charge in [-0.25, -0.2) is 4.79 Å². The number of carbonyl (C=O) groups is 1. The number of aliphatic hydroxyl groups excluding tert-OH is 1. The molecule has 0 unspecified atom stereocenters. The van der Waals surface area contributed by atoms with Crippen LogP contribution in [0.2, 0.25) is 6.82 Å². The Balaban J connectivity index is 1.51. The molecule has 0 aromatic carbocycles. The third-order valence-electron chi connectivity index (χ3n) is 4.94. The lowest BCUT2D eigenvalue weighted by Gasteiger charge is -2.32. The number of piperidine rings is 1. The first-order valence-electron chi connectivity index (χ1n) is 9.15. The Morgan fingerprint density at radius 2 is 2.19 bits per heavy atom. The van der Waals surface area contributed by atoms with Gasteiger partial charge in [-0.05, 0) is 44.7 Å². The topological polar surface area (TPSA) is 126 Å². The molecular formula is C16H25BN4O6. The molecule has 3 rings (SSSR count). The first kappa shape index (κ1) is 20.0. The van der Waals surface area contributed by atoms with Crippen molar-refractivity contribution in [3.63, 3.8) is 0 Å². The molecule has 3 N–H and O–H groups in total. The van der Waals surface area contributed by atoms with Crippen molar-refractivity contribution >= 4 is 18.8 Å². The molecule has 0 spiro atoms. The molecule has 148 valence electrons. The summed E-state index contributed by atoms with van der Waals surface area (Å²) in [5, 5.41) is 21.2. The van der Waals surface area contributed by atoms with Crippen LogP contribution in [0.5, 0.6) is 0 Å². The van der Waals surface area contributed by atoms with Crippen molar-refractivity contribution in [1.29, 1.82) is 0 Å². The minimum absolute atomic E-state index is 0.143. The van der Waals surface area contributed by atoms with Crippen LogP contribution in [0.25, 0.3) is 0 Å². The van der Waals surface area contributed by atoms with Gasteiger partial charge in [0, 0.05) is 12.6 Å². The Hall–Kier alpha value is -1.79. The quantitative estimate of drug-likeness (QED) is 0.551. The van der Waals surface area contributed by atoms with Gasteiger partial charge >= 0.3 is 12.7 Å². The molecule has 0 saturated carbocycles. The van der Waals surface area contributed by atoms with Crippen molar-refractivity contribution in [2.75, 3.05) is 31.6 Å². The van der Waals surface area contributed by atoms with Crippen LogP contribution in [0.4, 0.5) is 5.82 Å². The van der Waals surface area contributed by atoms with E-state index in [1.165, 1.54) is 16.8 Å². The normalized spacial score (nSPS) is 24.1. The lowest BCUT2D eigenvalue weighted by Crippen LogP contribution is -2.43. The van der Waals surface area contributed by atoms with E-state index in [2.05, 4.69) is 10.3 Å². The van der Waals surface area contributed by atoms with Gasteiger partial charge in [0.15, 0.2) is 12.5 Å². The van der Waals surface area contributed by atoms with Crippen molar-refractivity contribution in [1.82, 2.24) is 14.4 Å². The van der Waals surface area contributed by atoms with E-state index in [0.29, 0.717) is 6.42 Å². The third kappa shape index (κ3) is 5.14. The predicted octanol–water partition coefficient (Wildman–Crippen LogP) is -0.742. The molecule has 11 heteroatoms. The molecule has 2 aliphatic rings. The van der Waals surface area contributed by atoms with E-state index in [-0.39, 0.29) is 30.9 Å². The molecule has 0 bridgehead atoms. The van der Waals surface area contributed by atoms with Crippen molar-refractivity contribution in [2.45, 2.75) is 38.6 Å². The fraction of sp³-hybridized carbons (Fsp3) is 0.688. The number of hydrogen-bond acceptors (Lipinski definition) is 8. The molecule has 1 aromatic rings. The molecule has 2 fully saturated rings. The smallest absolute Gasteiger partial charge is 0.376 e. The summed E-state index contributed by atoms with van der Waals surface area (Å²) in [4.78, 5) is 30.3. The molecular weight excluding hydrogens is 355 g/mol. The van der Waals surface area contributed by atoms with Crippen molar-refractivity contribution < 1.29 is 24.4 Å². The molecule has 0 aliphatic carbocycles. The van der Waals surface area contributed by atoms with Gasteiger partial charge in [0.1, 0.15) is 5.82 Å². The number of anilines is 1. The maximum absolute atomic E-state index is 12.2. The monoisotopic (exact) mass is 380 g/mol. The van der Waals surface area contributed by atoms with E-state index in [9.17, 15) is 14.6 Å². The minimum Gasteiger partial charge on any atom is -0.437 e. The van der Waals surface area contributed by atoms with Crippen molar-refractivity contribution in [3.05, 3.63) is 22.7 Å². The number of nitrogens with one attached hydrogen (secondary N) is 1. The average Bonchev–Trinajstić information content (AvgIpc) is 3.11. The predicted molar refractivity (Wildman–Crippen MR) is 96.8 cm³/mol. The molecule has 3 heterocycles. The molecule has 2 atom stereocenters. The van der Waals surface area contributed by atoms with Crippen LogP contribution in [0, 0.1) is 5.92 Å². The standard InChI is InChI=1S/C16H25BN4O6/c1-17(25)20-5-2-11(3-6-20)8-13(23)18-12-4-7-21(16(24)19-12)14-10-26-15(9-22)27-14/h4,7,11,14-15,22,25H,2-3,5-6,8-10H2,1H3,(H,18,19,23,24)/t14-,15-/m0/s1. The molecule has 0 radical (unpaired) electrons. The molecule has 2 aliphatic heterocycles. The van der Waals surface area contributed by atoms with Crippen LogP contribution < -0.4 is 11.0 Å². The highest BCUT2D eigenvalue weighted by Crippen LogP contribution is 2.22. The highest BCUT2D eigenvalue weighted by atomic mass is 16.7. The summed E-state index contributed by atoms with van der Waals surface area (Å²) >= 11 is 0. The average molecular weight is 380 g/mol. The Labute approximate surface area is 157 Å². The van der Waals surface area contributed by atoms with Crippen LogP contribution in [0.3, 0.4) is 0 Å². The zero-order valence-electron chi connectivity index (χ0n) is 15.3. The number of aromatic nitrogens is 2. The minimum atomic E-state index is -0.749. The number of amides is 1. The number of ether oxygens (including phenoxy) is 2. The summed E-state index contributed by atoms with van der Waals surface area (Å²) in [6.45, 7) is 3.13. The zero-order valence-corrected chi connectivity index (χ0v) is 15.3. The van der Waals surface area contributed by atoms with E-state index in [1.807, 2.05) is 4.81 Å². The highest BCUT2D eigenvalue weighted by molar-refractivity contribution is 6.45. The van der Waals surface area contributed by atoms with Gasteiger partial charge in [0.2, 0.25) is 5.91 Å². The molecule has 10 nitrogen and oxygen atoms in total. The summed E-state index contributed by atoms with van der Waals surface area (Å²) in [6, 6.07) is 1.53. The maximum atomic E-state index is 12.2. The summed E-state index contributed by atoms with van der Waals surface area (Å²) in [6.07, 6.45) is 2.14. The van der Waals surface area contributed by atoms with Gasteiger partial charge in [-0.1, -0.05) is 0 Å². The van der Waals surface area contributed by atoms with Crippen LogP contribution in [-0.4, -0.2) is 70.0 Å². The molecule has 2 saturated heterocycles. The van der Waals surface area contributed by atoms with Crippen LogP contribution >= 0.6 is 0 Å². The maximum Gasteiger partial charge on any atom is 0.376 e. The number of aliphatic hydroxyl groups is 1. The van der Waals surface area contributed by atoms with Crippen molar-refractivity contribution in [3.8, 4) is 0 Å². The van der Waals surface area contributed by atoms with E-state index in [1.54, 1.807) is 6.82 Å². The van der Waals surface area contributed by atoms with Crippen LogP contribution in [0.15, 0.2) is 17.1 Å². The first-order chi connectivity index (χ1) is 13.0. The molecule has 27 heavy (non-hydrogen) atoms. The van der Waals surface area contributed by atoms with Crippen molar-refractivity contribution in [2.24, 2.45) is 5.92 Å². The van der Waals surface area contributed by atoms with E-state index in [0.717, 1.165) is 25.9 Å². The SMILES string of the molecule is CB(O)N1CCC(CC(=O)Nc2ccn([C@@H]3CO[C@H](CO)O3)c(=O)n2)CC1. The number of hydrogen-bond donors (Lipinski definition) is 3. The number of carbonyl (C=O) groups excluding carboxylic acids is 1. The Kier molecular flexibility index (Phi) is 6.61.